The third-order valence-corrected chi connectivity index (χ3v) is 9.61. The molecule has 1 aliphatic heterocycles. The Morgan fingerprint density at radius 2 is 1.90 bits per heavy atom. The predicted octanol–water partition coefficient (Wildman–Crippen LogP) is 5.25. The lowest BCUT2D eigenvalue weighted by Gasteiger charge is -2.32. The van der Waals surface area contributed by atoms with E-state index in [1.165, 1.54) is 34.0 Å². The number of benzene rings is 2. The zero-order valence-electron chi connectivity index (χ0n) is 21.1. The van der Waals surface area contributed by atoms with E-state index in [-0.39, 0.29) is 10.9 Å². The van der Waals surface area contributed by atoms with Crippen LogP contribution in [-0.4, -0.2) is 62.6 Å². The van der Waals surface area contributed by atoms with Gasteiger partial charge in [0.15, 0.2) is 4.96 Å². The Kier molecular flexibility index (Phi) is 7.24. The number of oxime groups is 1. The number of fused-ring (bicyclic) bond motifs is 1. The molecule has 0 saturated carbocycles. The second-order valence-electron chi connectivity index (χ2n) is 9.30. The summed E-state index contributed by atoms with van der Waals surface area (Å²) in [6, 6.07) is 15.5. The van der Waals surface area contributed by atoms with E-state index < -0.39 is 10.0 Å². The lowest BCUT2D eigenvalue weighted by atomic mass is 10.1. The lowest BCUT2D eigenvalue weighted by molar-refractivity contribution is 0.322. The number of nitrogens with zero attached hydrogens (tertiary/aromatic N) is 6. The number of anilines is 1. The third kappa shape index (κ3) is 5.18. The van der Waals surface area contributed by atoms with Crippen molar-refractivity contribution in [2.24, 2.45) is 5.16 Å². The van der Waals surface area contributed by atoms with Gasteiger partial charge in [0.1, 0.15) is 5.69 Å². The van der Waals surface area contributed by atoms with Crippen LogP contribution in [0.3, 0.4) is 0 Å². The van der Waals surface area contributed by atoms with Gasteiger partial charge in [0.2, 0.25) is 16.0 Å². The van der Waals surface area contributed by atoms with E-state index >= 15 is 0 Å². The van der Waals surface area contributed by atoms with E-state index in [0.717, 1.165) is 33.9 Å². The van der Waals surface area contributed by atoms with Crippen molar-refractivity contribution < 1.29 is 13.6 Å². The molecule has 204 valence electrons. The Morgan fingerprint density at radius 1 is 1.10 bits per heavy atom. The number of hydrogen-bond donors (Lipinski definition) is 2. The van der Waals surface area contributed by atoms with Gasteiger partial charge in [-0.1, -0.05) is 41.0 Å². The molecular weight excluding hydrogens is 570 g/mol. The van der Waals surface area contributed by atoms with E-state index in [0.29, 0.717) is 36.2 Å². The zero-order valence-corrected chi connectivity index (χ0v) is 23.4. The molecule has 3 aromatic heterocycles. The van der Waals surface area contributed by atoms with Crippen molar-refractivity contribution >= 4 is 50.1 Å². The first-order valence-corrected chi connectivity index (χ1v) is 15.2. The van der Waals surface area contributed by atoms with Gasteiger partial charge in [0, 0.05) is 47.5 Å². The Morgan fingerprint density at radius 3 is 2.67 bits per heavy atom. The maximum atomic E-state index is 13.2. The fraction of sp³-hybridized carbons (Fsp3) is 0.185. The van der Waals surface area contributed by atoms with Crippen molar-refractivity contribution in [3.63, 3.8) is 0 Å². The van der Waals surface area contributed by atoms with Crippen LogP contribution < -0.4 is 5.32 Å². The quantitative estimate of drug-likeness (QED) is 0.150. The van der Waals surface area contributed by atoms with Crippen LogP contribution in [0.2, 0.25) is 5.02 Å². The topological polar surface area (TPSA) is 125 Å². The van der Waals surface area contributed by atoms with Crippen LogP contribution in [0, 0.1) is 0 Å². The summed E-state index contributed by atoms with van der Waals surface area (Å²) in [6.45, 7) is 0.747. The van der Waals surface area contributed by atoms with Crippen molar-refractivity contribution in [1.82, 2.24) is 23.7 Å². The second-order valence-corrected chi connectivity index (χ2v) is 12.5. The van der Waals surface area contributed by atoms with E-state index in [1.54, 1.807) is 18.3 Å². The van der Waals surface area contributed by atoms with Crippen LogP contribution in [0.15, 0.2) is 82.4 Å². The summed E-state index contributed by atoms with van der Waals surface area (Å²) in [7, 11) is -3.65. The van der Waals surface area contributed by atoms with E-state index in [1.807, 2.05) is 46.3 Å². The van der Waals surface area contributed by atoms with Crippen LogP contribution in [0.4, 0.5) is 5.95 Å². The van der Waals surface area contributed by atoms with E-state index in [4.69, 9.17) is 26.8 Å². The normalized spacial score (nSPS) is 16.6. The van der Waals surface area contributed by atoms with Crippen molar-refractivity contribution in [2.45, 2.75) is 23.8 Å². The van der Waals surface area contributed by atoms with Crippen LogP contribution in [0.5, 0.6) is 0 Å². The van der Waals surface area contributed by atoms with E-state index in [2.05, 4.69) is 15.5 Å². The first-order valence-electron chi connectivity index (χ1n) is 12.5. The third-order valence-electron chi connectivity index (χ3n) is 6.72. The smallest absolute Gasteiger partial charge is 0.243 e. The van der Waals surface area contributed by atoms with Crippen LogP contribution in [-0.2, 0) is 10.0 Å². The van der Waals surface area contributed by atoms with Crippen molar-refractivity contribution in [3.05, 3.63) is 83.0 Å². The monoisotopic (exact) mass is 593 g/mol. The fourth-order valence-electron chi connectivity index (χ4n) is 4.80. The number of rotatable bonds is 7. The Hall–Kier alpha value is -3.84. The molecule has 10 nitrogen and oxygen atoms in total. The van der Waals surface area contributed by atoms with Gasteiger partial charge in [-0.25, -0.2) is 23.4 Å². The average Bonchev–Trinajstić information content (AvgIpc) is 3.56. The molecule has 0 spiro atoms. The molecule has 5 aromatic rings. The predicted molar refractivity (Wildman–Crippen MR) is 156 cm³/mol. The molecule has 40 heavy (non-hydrogen) atoms. The molecule has 0 radical (unpaired) electrons. The highest BCUT2D eigenvalue weighted by molar-refractivity contribution is 7.89. The largest absolute Gasteiger partial charge is 0.411 e. The molecule has 1 fully saturated rings. The zero-order chi connectivity index (χ0) is 27.7. The standard InChI is InChI=1S/C27H24ClN7O3S2/c28-20-7-9-22(10-8-20)40(37,38)34-13-1-2-21(17-34)31-26-29-12-11-23(32-26)25-24(33-27-35(25)14-15-39-27)19-5-3-18(4-6-19)16-30-36/h3-12,14-16,21,36H,1-2,13,17H2,(H,29,31,32)/t21-/m1/s1. The molecule has 0 unspecified atom stereocenters. The van der Waals surface area contributed by atoms with Gasteiger partial charge in [-0.05, 0) is 48.7 Å². The van der Waals surface area contributed by atoms with Crippen molar-refractivity contribution in [2.75, 3.05) is 18.4 Å². The Balaban J connectivity index is 1.27. The minimum absolute atomic E-state index is 0.155. The summed E-state index contributed by atoms with van der Waals surface area (Å²) in [5.41, 5.74) is 3.93. The van der Waals surface area contributed by atoms with Gasteiger partial charge < -0.3 is 10.5 Å². The molecule has 13 heteroatoms. The molecule has 0 aliphatic carbocycles. The summed E-state index contributed by atoms with van der Waals surface area (Å²) in [4.78, 5) is 15.1. The molecule has 0 bridgehead atoms. The van der Waals surface area contributed by atoms with Gasteiger partial charge in [0.25, 0.3) is 0 Å². The highest BCUT2D eigenvalue weighted by Gasteiger charge is 2.30. The van der Waals surface area contributed by atoms with Gasteiger partial charge in [-0.2, -0.15) is 4.31 Å². The first kappa shape index (κ1) is 26.4. The first-order chi connectivity index (χ1) is 19.4. The molecule has 6 rings (SSSR count). The molecular formula is C27H24ClN7O3S2. The number of imidazole rings is 1. The molecule has 1 aliphatic rings. The van der Waals surface area contributed by atoms with Crippen molar-refractivity contribution in [3.8, 4) is 22.6 Å². The molecule has 2 aromatic carbocycles. The Labute approximate surface area is 239 Å². The van der Waals surface area contributed by atoms with Crippen LogP contribution in [0.1, 0.15) is 18.4 Å². The number of piperidine rings is 1. The number of aromatic nitrogens is 4. The summed E-state index contributed by atoms with van der Waals surface area (Å²) in [5, 5.41) is 17.7. The van der Waals surface area contributed by atoms with Crippen LogP contribution >= 0.6 is 22.9 Å². The SMILES string of the molecule is O=S(=O)(c1ccc(Cl)cc1)N1CCC[C@@H](Nc2nccc(-c3c(-c4ccc(C=NO)cc4)nc4sccn34)n2)C1. The number of sulfonamides is 1. The minimum atomic E-state index is -3.65. The number of hydrogen-bond acceptors (Lipinski definition) is 9. The molecule has 2 N–H and O–H groups in total. The van der Waals surface area contributed by atoms with Gasteiger partial charge in [0.05, 0.1) is 22.5 Å². The van der Waals surface area contributed by atoms with Crippen LogP contribution in [0.25, 0.3) is 27.6 Å². The molecule has 0 amide bonds. The van der Waals surface area contributed by atoms with Gasteiger partial charge in [-0.3, -0.25) is 4.40 Å². The lowest BCUT2D eigenvalue weighted by Crippen LogP contribution is -2.45. The Bertz CT molecular complexity index is 1790. The number of thiazole rings is 1. The maximum absolute atomic E-state index is 13.2. The highest BCUT2D eigenvalue weighted by Crippen LogP contribution is 2.34. The number of nitrogens with one attached hydrogen (secondary N) is 1. The summed E-state index contributed by atoms with van der Waals surface area (Å²) in [5.74, 6) is 0.416. The maximum Gasteiger partial charge on any atom is 0.243 e. The van der Waals surface area contributed by atoms with Gasteiger partial charge in [-0.15, -0.1) is 11.3 Å². The average molecular weight is 594 g/mol. The van der Waals surface area contributed by atoms with Gasteiger partial charge >= 0.3 is 0 Å². The summed E-state index contributed by atoms with van der Waals surface area (Å²) in [6.07, 6.45) is 6.51. The molecule has 1 saturated heterocycles. The van der Waals surface area contributed by atoms with Crippen molar-refractivity contribution in [1.29, 1.82) is 0 Å². The summed E-state index contributed by atoms with van der Waals surface area (Å²) < 4.78 is 30.0. The fourth-order valence-corrected chi connectivity index (χ4v) is 7.17. The molecule has 1 atom stereocenters. The second kappa shape index (κ2) is 11.0. The highest BCUT2D eigenvalue weighted by atomic mass is 35.5. The molecule has 4 heterocycles. The number of halogens is 1. The summed E-state index contributed by atoms with van der Waals surface area (Å²) >= 11 is 7.47. The van der Waals surface area contributed by atoms with E-state index in [9.17, 15) is 8.42 Å². The minimum Gasteiger partial charge on any atom is -0.411 e.